The Morgan fingerprint density at radius 3 is 2.35 bits per heavy atom. The zero-order valence-corrected chi connectivity index (χ0v) is 18.7. The molecule has 2 fully saturated rings. The molecular formula is C28H25NO5. The summed E-state index contributed by atoms with van der Waals surface area (Å²) >= 11 is 0. The van der Waals surface area contributed by atoms with E-state index in [1.807, 2.05) is 72.8 Å². The molecule has 2 bridgehead atoms. The molecule has 6 heteroatoms. The van der Waals surface area contributed by atoms with Gasteiger partial charge in [0.1, 0.15) is 17.8 Å². The number of ketones is 1. The summed E-state index contributed by atoms with van der Waals surface area (Å²) in [6.07, 6.45) is 0.756. The van der Waals surface area contributed by atoms with Gasteiger partial charge < -0.3 is 13.9 Å². The van der Waals surface area contributed by atoms with Crippen LogP contribution in [0.15, 0.2) is 77.2 Å². The molecule has 3 aromatic carbocycles. The summed E-state index contributed by atoms with van der Waals surface area (Å²) in [5.74, 6) is -0.130. The standard InChI is InChI=1S/C28H25NO5/c30-26(24-11-6-10-23-22-9-4-5-12-25(22)34-27(23)24)19-13-20-16-32-17-21(14-19)29(20)28(31)33-15-18-7-2-1-3-8-18/h1-12,19-21H,13-17H2. The average molecular weight is 456 g/mol. The smallest absolute Gasteiger partial charge is 0.410 e. The van der Waals surface area contributed by atoms with Crippen molar-refractivity contribution in [2.45, 2.75) is 31.5 Å². The first-order valence-corrected chi connectivity index (χ1v) is 11.7. The van der Waals surface area contributed by atoms with Crippen LogP contribution in [-0.4, -0.2) is 42.1 Å². The molecule has 1 aromatic heterocycles. The number of carbonyl (C=O) groups is 2. The van der Waals surface area contributed by atoms with Crippen molar-refractivity contribution in [2.24, 2.45) is 5.92 Å². The lowest BCUT2D eigenvalue weighted by Crippen LogP contribution is -2.59. The third kappa shape index (κ3) is 3.64. The van der Waals surface area contributed by atoms with Crippen LogP contribution in [0.5, 0.6) is 0 Å². The number of fused-ring (bicyclic) bond motifs is 5. The van der Waals surface area contributed by atoms with Crippen molar-refractivity contribution >= 4 is 33.8 Å². The fourth-order valence-corrected chi connectivity index (χ4v) is 5.38. The van der Waals surface area contributed by atoms with E-state index in [1.165, 1.54) is 0 Å². The summed E-state index contributed by atoms with van der Waals surface area (Å²) in [4.78, 5) is 28.4. The third-order valence-corrected chi connectivity index (χ3v) is 6.98. The Balaban J connectivity index is 1.22. The van der Waals surface area contributed by atoms with Crippen molar-refractivity contribution in [3.8, 4) is 0 Å². The van der Waals surface area contributed by atoms with E-state index in [1.54, 1.807) is 4.90 Å². The SMILES string of the molecule is O=C(c1cccc2c1oc1ccccc12)C1CC2COCC(C1)N2C(=O)OCc1ccccc1. The lowest BCUT2D eigenvalue weighted by Gasteiger charge is -2.47. The van der Waals surface area contributed by atoms with E-state index in [0.717, 1.165) is 21.9 Å². The largest absolute Gasteiger partial charge is 0.455 e. The summed E-state index contributed by atoms with van der Waals surface area (Å²) in [6.45, 7) is 1.05. The minimum atomic E-state index is -0.340. The van der Waals surface area contributed by atoms with Gasteiger partial charge in [-0.3, -0.25) is 9.69 Å². The molecule has 2 saturated heterocycles. The first-order chi connectivity index (χ1) is 16.7. The van der Waals surface area contributed by atoms with Gasteiger partial charge in [0.05, 0.1) is 30.9 Å². The van der Waals surface area contributed by atoms with Crippen LogP contribution in [0, 0.1) is 5.92 Å². The lowest BCUT2D eigenvalue weighted by atomic mass is 9.80. The van der Waals surface area contributed by atoms with E-state index < -0.39 is 0 Å². The predicted octanol–water partition coefficient (Wildman–Crippen LogP) is 5.58. The third-order valence-electron chi connectivity index (χ3n) is 6.98. The van der Waals surface area contributed by atoms with Gasteiger partial charge in [-0.25, -0.2) is 4.79 Å². The minimum Gasteiger partial charge on any atom is -0.455 e. The highest BCUT2D eigenvalue weighted by molar-refractivity contribution is 6.14. The van der Waals surface area contributed by atoms with Gasteiger partial charge in [0.2, 0.25) is 0 Å². The number of piperidine rings is 1. The zero-order chi connectivity index (χ0) is 23.1. The molecule has 0 spiro atoms. The van der Waals surface area contributed by atoms with E-state index in [2.05, 4.69) is 0 Å². The van der Waals surface area contributed by atoms with E-state index >= 15 is 0 Å². The molecule has 2 unspecified atom stereocenters. The van der Waals surface area contributed by atoms with Gasteiger partial charge in [-0.05, 0) is 30.5 Å². The summed E-state index contributed by atoms with van der Waals surface area (Å²) in [7, 11) is 0. The number of amides is 1. The van der Waals surface area contributed by atoms with Crippen LogP contribution in [0.3, 0.4) is 0 Å². The maximum Gasteiger partial charge on any atom is 0.410 e. The minimum absolute atomic E-state index is 0.0684. The number of para-hydroxylation sites is 2. The number of rotatable bonds is 4. The molecule has 0 saturated carbocycles. The molecule has 2 atom stereocenters. The van der Waals surface area contributed by atoms with Crippen molar-refractivity contribution < 1.29 is 23.5 Å². The van der Waals surface area contributed by atoms with Crippen molar-refractivity contribution in [2.75, 3.05) is 13.2 Å². The molecular weight excluding hydrogens is 430 g/mol. The highest BCUT2D eigenvalue weighted by Gasteiger charge is 2.44. The Morgan fingerprint density at radius 2 is 1.56 bits per heavy atom. The average Bonchev–Trinajstić information content (AvgIpc) is 3.25. The monoisotopic (exact) mass is 455 g/mol. The Kier molecular flexibility index (Phi) is 5.30. The molecule has 0 N–H and O–H groups in total. The molecule has 172 valence electrons. The van der Waals surface area contributed by atoms with E-state index in [4.69, 9.17) is 13.9 Å². The summed E-state index contributed by atoms with van der Waals surface area (Å²) in [6, 6.07) is 22.9. The number of ether oxygens (including phenoxy) is 2. The normalized spacial score (nSPS) is 22.1. The van der Waals surface area contributed by atoms with Gasteiger partial charge >= 0.3 is 6.09 Å². The van der Waals surface area contributed by atoms with E-state index in [-0.39, 0.29) is 36.5 Å². The second-order valence-corrected chi connectivity index (χ2v) is 9.11. The maximum absolute atomic E-state index is 13.7. The van der Waals surface area contributed by atoms with Crippen molar-refractivity contribution in [3.63, 3.8) is 0 Å². The maximum atomic E-state index is 13.7. The second-order valence-electron chi connectivity index (χ2n) is 9.11. The number of Topliss-reactive ketones (excluding diaryl/α,β-unsaturated/α-hetero) is 1. The first kappa shape index (κ1) is 20.9. The topological polar surface area (TPSA) is 69.0 Å². The number of furan rings is 1. The Morgan fingerprint density at radius 1 is 0.853 bits per heavy atom. The van der Waals surface area contributed by atoms with Gasteiger partial charge in [0.15, 0.2) is 5.78 Å². The molecule has 1 amide bonds. The molecule has 0 aliphatic carbocycles. The van der Waals surface area contributed by atoms with Gasteiger partial charge in [0.25, 0.3) is 0 Å². The summed E-state index contributed by atoms with van der Waals surface area (Å²) in [5.41, 5.74) is 2.97. The van der Waals surface area contributed by atoms with Crippen molar-refractivity contribution in [1.82, 2.24) is 4.90 Å². The molecule has 3 heterocycles. The number of morpholine rings is 1. The quantitative estimate of drug-likeness (QED) is 0.376. The van der Waals surface area contributed by atoms with Crippen molar-refractivity contribution in [1.29, 1.82) is 0 Å². The molecule has 6 rings (SSSR count). The fraction of sp³-hybridized carbons (Fsp3) is 0.286. The van der Waals surface area contributed by atoms with Crippen molar-refractivity contribution in [3.05, 3.63) is 83.9 Å². The van der Waals surface area contributed by atoms with Crippen LogP contribution >= 0.6 is 0 Å². The van der Waals surface area contributed by atoms with Crippen LogP contribution < -0.4 is 0 Å². The fourth-order valence-electron chi connectivity index (χ4n) is 5.38. The highest BCUT2D eigenvalue weighted by Crippen LogP contribution is 2.37. The molecule has 0 radical (unpaired) electrons. The Hall–Kier alpha value is -3.64. The van der Waals surface area contributed by atoms with Crippen LogP contribution in [-0.2, 0) is 16.1 Å². The van der Waals surface area contributed by atoms with Gasteiger partial charge in [-0.2, -0.15) is 0 Å². The first-order valence-electron chi connectivity index (χ1n) is 11.7. The number of hydrogen-bond donors (Lipinski definition) is 0. The van der Waals surface area contributed by atoms with Gasteiger partial charge in [-0.1, -0.05) is 60.7 Å². The summed E-state index contributed by atoms with van der Waals surface area (Å²) < 4.78 is 17.4. The number of nitrogens with zero attached hydrogens (tertiary/aromatic N) is 1. The lowest BCUT2D eigenvalue weighted by molar-refractivity contribution is -0.0755. The Labute approximate surface area is 197 Å². The number of benzene rings is 3. The molecule has 34 heavy (non-hydrogen) atoms. The number of hydrogen-bond acceptors (Lipinski definition) is 5. The van der Waals surface area contributed by atoms with Crippen LogP contribution in [0.4, 0.5) is 4.79 Å². The second kappa shape index (κ2) is 8.61. The van der Waals surface area contributed by atoms with Gasteiger partial charge in [0, 0.05) is 16.7 Å². The molecule has 6 nitrogen and oxygen atoms in total. The van der Waals surface area contributed by atoms with Crippen LogP contribution in [0.25, 0.3) is 21.9 Å². The zero-order valence-electron chi connectivity index (χ0n) is 18.7. The van der Waals surface area contributed by atoms with E-state index in [9.17, 15) is 9.59 Å². The van der Waals surface area contributed by atoms with Crippen LogP contribution in [0.2, 0.25) is 0 Å². The van der Waals surface area contributed by atoms with Crippen LogP contribution in [0.1, 0.15) is 28.8 Å². The predicted molar refractivity (Wildman–Crippen MR) is 128 cm³/mol. The Bertz CT molecular complexity index is 1350. The van der Waals surface area contributed by atoms with Gasteiger partial charge in [-0.15, -0.1) is 0 Å². The van der Waals surface area contributed by atoms with E-state index in [0.29, 0.717) is 37.2 Å². The number of carbonyl (C=O) groups excluding carboxylic acids is 2. The highest BCUT2D eigenvalue weighted by atomic mass is 16.6. The molecule has 4 aromatic rings. The molecule has 2 aliphatic rings. The molecule has 2 aliphatic heterocycles. The summed E-state index contributed by atoms with van der Waals surface area (Å²) in [5, 5.41) is 1.96.